The molecule has 0 atom stereocenters. The Morgan fingerprint density at radius 3 is 2.32 bits per heavy atom. The molecule has 22 heavy (non-hydrogen) atoms. The summed E-state index contributed by atoms with van der Waals surface area (Å²) in [7, 11) is 0. The summed E-state index contributed by atoms with van der Waals surface area (Å²) in [6.07, 6.45) is 1.92. The van der Waals surface area contributed by atoms with Crippen molar-refractivity contribution in [3.8, 4) is 0 Å². The lowest BCUT2D eigenvalue weighted by Gasteiger charge is -2.16. The van der Waals surface area contributed by atoms with E-state index in [0.717, 1.165) is 22.4 Å². The third kappa shape index (κ3) is 2.72. The van der Waals surface area contributed by atoms with E-state index < -0.39 is 0 Å². The topological polar surface area (TPSA) is 20.3 Å². The maximum atomic E-state index is 12.7. The highest BCUT2D eigenvalue weighted by atomic mass is 32.2. The minimum absolute atomic E-state index is 0.0486. The van der Waals surface area contributed by atoms with Crippen molar-refractivity contribution in [2.75, 3.05) is 4.90 Å². The van der Waals surface area contributed by atoms with E-state index in [-0.39, 0.29) is 5.91 Å². The van der Waals surface area contributed by atoms with Gasteiger partial charge in [-0.05, 0) is 42.7 Å². The Morgan fingerprint density at radius 1 is 1.00 bits per heavy atom. The number of thioether (sulfide) groups is 1. The summed E-state index contributed by atoms with van der Waals surface area (Å²) >= 11 is 6.77. The number of carbonyl (C=O) groups is 1. The zero-order chi connectivity index (χ0) is 15.7. The number of para-hydroxylation sites is 1. The van der Waals surface area contributed by atoms with Crippen LogP contribution in [0.25, 0.3) is 6.08 Å². The van der Waals surface area contributed by atoms with Crippen LogP contribution in [0.2, 0.25) is 0 Å². The van der Waals surface area contributed by atoms with Crippen LogP contribution in [0.15, 0.2) is 53.4 Å². The van der Waals surface area contributed by atoms with E-state index in [9.17, 15) is 4.79 Å². The SMILES string of the molecule is Cc1ccccc1/C=C1/SC(=S)N(c2ccccc2C)C1=O. The molecule has 0 aromatic heterocycles. The van der Waals surface area contributed by atoms with Gasteiger partial charge in [0.05, 0.1) is 10.6 Å². The van der Waals surface area contributed by atoms with Gasteiger partial charge in [-0.15, -0.1) is 0 Å². The number of anilines is 1. The van der Waals surface area contributed by atoms with Crippen molar-refractivity contribution < 1.29 is 4.79 Å². The molecule has 4 heteroatoms. The summed E-state index contributed by atoms with van der Waals surface area (Å²) in [6.45, 7) is 4.02. The van der Waals surface area contributed by atoms with Crippen LogP contribution in [0.1, 0.15) is 16.7 Å². The smallest absolute Gasteiger partial charge is 0.268 e. The maximum absolute atomic E-state index is 12.7. The van der Waals surface area contributed by atoms with E-state index in [0.29, 0.717) is 9.23 Å². The van der Waals surface area contributed by atoms with Crippen molar-refractivity contribution in [3.05, 3.63) is 70.1 Å². The van der Waals surface area contributed by atoms with Crippen LogP contribution in [0.3, 0.4) is 0 Å². The van der Waals surface area contributed by atoms with Crippen LogP contribution >= 0.6 is 24.0 Å². The van der Waals surface area contributed by atoms with Crippen LogP contribution in [-0.2, 0) is 4.79 Å². The number of carbonyl (C=O) groups excluding carboxylic acids is 1. The van der Waals surface area contributed by atoms with Crippen molar-refractivity contribution >= 4 is 46.0 Å². The van der Waals surface area contributed by atoms with E-state index in [2.05, 4.69) is 0 Å². The zero-order valence-corrected chi connectivity index (χ0v) is 14.0. The lowest BCUT2D eigenvalue weighted by atomic mass is 10.1. The summed E-state index contributed by atoms with van der Waals surface area (Å²) in [5.41, 5.74) is 4.09. The molecule has 0 bridgehead atoms. The molecular weight excluding hydrogens is 310 g/mol. The Morgan fingerprint density at radius 2 is 1.64 bits per heavy atom. The molecule has 1 aliphatic rings. The van der Waals surface area contributed by atoms with Gasteiger partial charge in [-0.3, -0.25) is 9.69 Å². The van der Waals surface area contributed by atoms with E-state index >= 15 is 0 Å². The predicted octanol–water partition coefficient (Wildman–Crippen LogP) is 4.71. The van der Waals surface area contributed by atoms with Gasteiger partial charge < -0.3 is 0 Å². The summed E-state index contributed by atoms with van der Waals surface area (Å²) in [4.78, 5) is 15.0. The van der Waals surface area contributed by atoms with Gasteiger partial charge in [-0.1, -0.05) is 66.4 Å². The molecule has 2 aromatic rings. The third-order valence-electron chi connectivity index (χ3n) is 3.63. The first-order valence-corrected chi connectivity index (χ1v) is 8.19. The van der Waals surface area contributed by atoms with Crippen LogP contribution in [0.5, 0.6) is 0 Å². The van der Waals surface area contributed by atoms with Crippen LogP contribution in [-0.4, -0.2) is 10.2 Å². The van der Waals surface area contributed by atoms with Crippen molar-refractivity contribution in [1.82, 2.24) is 0 Å². The zero-order valence-electron chi connectivity index (χ0n) is 12.4. The van der Waals surface area contributed by atoms with Crippen LogP contribution < -0.4 is 4.90 Å². The highest BCUT2D eigenvalue weighted by Gasteiger charge is 2.33. The second-order valence-electron chi connectivity index (χ2n) is 5.16. The highest BCUT2D eigenvalue weighted by Crippen LogP contribution is 2.37. The Bertz CT molecular complexity index is 795. The number of amides is 1. The molecule has 0 spiro atoms. The second kappa shape index (κ2) is 6.07. The van der Waals surface area contributed by atoms with Crippen molar-refractivity contribution in [2.45, 2.75) is 13.8 Å². The summed E-state index contributed by atoms with van der Waals surface area (Å²) in [5.74, 6) is -0.0486. The second-order valence-corrected chi connectivity index (χ2v) is 6.84. The number of thiocarbonyl (C=S) groups is 1. The van der Waals surface area contributed by atoms with Gasteiger partial charge >= 0.3 is 0 Å². The average Bonchev–Trinajstić information content (AvgIpc) is 2.77. The molecule has 1 amide bonds. The molecule has 110 valence electrons. The number of nitrogens with zero attached hydrogens (tertiary/aromatic N) is 1. The van der Waals surface area contributed by atoms with E-state index in [1.54, 1.807) is 4.90 Å². The Balaban J connectivity index is 1.99. The molecule has 0 N–H and O–H groups in total. The van der Waals surface area contributed by atoms with E-state index in [1.807, 2.05) is 68.5 Å². The van der Waals surface area contributed by atoms with E-state index in [4.69, 9.17) is 12.2 Å². The quantitative estimate of drug-likeness (QED) is 0.589. The molecule has 1 aliphatic heterocycles. The van der Waals surface area contributed by atoms with E-state index in [1.165, 1.54) is 11.8 Å². The Hall–Kier alpha value is -1.91. The van der Waals surface area contributed by atoms with Gasteiger partial charge in [-0.25, -0.2) is 0 Å². The first kappa shape index (κ1) is 15.0. The lowest BCUT2D eigenvalue weighted by Crippen LogP contribution is -2.28. The standard InChI is InChI=1S/C18H15NOS2/c1-12-7-3-5-9-14(12)11-16-17(20)19(18(21)22-16)15-10-6-4-8-13(15)2/h3-11H,1-2H3/b16-11+. The number of aryl methyl sites for hydroxylation is 2. The predicted molar refractivity (Wildman–Crippen MR) is 98.0 cm³/mol. The monoisotopic (exact) mass is 325 g/mol. The van der Waals surface area contributed by atoms with Gasteiger partial charge in [0.1, 0.15) is 0 Å². The molecule has 3 rings (SSSR count). The van der Waals surface area contributed by atoms with Crippen LogP contribution in [0.4, 0.5) is 5.69 Å². The van der Waals surface area contributed by atoms with Crippen molar-refractivity contribution in [1.29, 1.82) is 0 Å². The van der Waals surface area contributed by atoms with Crippen LogP contribution in [0, 0.1) is 13.8 Å². The van der Waals surface area contributed by atoms with Gasteiger partial charge in [-0.2, -0.15) is 0 Å². The molecule has 1 saturated heterocycles. The number of benzene rings is 2. The molecule has 1 heterocycles. The summed E-state index contributed by atoms with van der Waals surface area (Å²) in [5, 5.41) is 0. The number of hydrogen-bond donors (Lipinski definition) is 0. The lowest BCUT2D eigenvalue weighted by molar-refractivity contribution is -0.113. The molecule has 1 fully saturated rings. The molecule has 0 saturated carbocycles. The normalized spacial score (nSPS) is 16.6. The number of hydrogen-bond acceptors (Lipinski definition) is 3. The summed E-state index contributed by atoms with van der Waals surface area (Å²) < 4.78 is 0.583. The average molecular weight is 325 g/mol. The molecular formula is C18H15NOS2. The first-order chi connectivity index (χ1) is 10.6. The number of rotatable bonds is 2. The molecule has 0 unspecified atom stereocenters. The molecule has 0 aliphatic carbocycles. The molecule has 0 radical (unpaired) electrons. The first-order valence-electron chi connectivity index (χ1n) is 6.97. The third-order valence-corrected chi connectivity index (χ3v) is 4.93. The van der Waals surface area contributed by atoms with Gasteiger partial charge in [0.15, 0.2) is 4.32 Å². The van der Waals surface area contributed by atoms with Gasteiger partial charge in [0.25, 0.3) is 5.91 Å². The van der Waals surface area contributed by atoms with Gasteiger partial charge in [0.2, 0.25) is 0 Å². The van der Waals surface area contributed by atoms with Gasteiger partial charge in [0, 0.05) is 0 Å². The largest absolute Gasteiger partial charge is 0.270 e. The van der Waals surface area contributed by atoms with Crippen molar-refractivity contribution in [3.63, 3.8) is 0 Å². The summed E-state index contributed by atoms with van der Waals surface area (Å²) in [6, 6.07) is 15.8. The highest BCUT2D eigenvalue weighted by molar-refractivity contribution is 8.27. The minimum Gasteiger partial charge on any atom is -0.268 e. The fraction of sp³-hybridized carbons (Fsp3) is 0.111. The van der Waals surface area contributed by atoms with Crippen molar-refractivity contribution in [2.24, 2.45) is 0 Å². The maximum Gasteiger partial charge on any atom is 0.270 e. The fourth-order valence-corrected chi connectivity index (χ4v) is 3.66. The Kier molecular flexibility index (Phi) is 4.14. The Labute approximate surface area is 139 Å². The molecule has 2 nitrogen and oxygen atoms in total. The fourth-order valence-electron chi connectivity index (χ4n) is 2.38. The molecule has 2 aromatic carbocycles. The minimum atomic E-state index is -0.0486.